The summed E-state index contributed by atoms with van der Waals surface area (Å²) in [4.78, 5) is 12.7. The molecule has 1 N–H and O–H groups in total. The fraction of sp³-hybridized carbons (Fsp3) is 0.500. The molecule has 1 aliphatic carbocycles. The number of thioether (sulfide) groups is 1. The Bertz CT molecular complexity index is 320. The van der Waals surface area contributed by atoms with Gasteiger partial charge < -0.3 is 10.1 Å². The first-order chi connectivity index (χ1) is 6.81. The molecule has 0 fully saturated rings. The standard InChI is InChI=1S/C10H13NO2S/c1-2-13-10(12)7-3-4-8-9(5-7)14-6-11-8/h5,11H,2-4,6H2,1H3. The summed E-state index contributed by atoms with van der Waals surface area (Å²) in [5.74, 6) is 0.767. The lowest BCUT2D eigenvalue weighted by atomic mass is 10.0. The molecule has 0 saturated heterocycles. The van der Waals surface area contributed by atoms with Gasteiger partial charge in [-0.3, -0.25) is 0 Å². The first-order valence-corrected chi connectivity index (χ1v) is 5.77. The monoisotopic (exact) mass is 211 g/mol. The van der Waals surface area contributed by atoms with Crippen molar-refractivity contribution in [3.63, 3.8) is 0 Å². The molecule has 0 aromatic carbocycles. The second-order valence-electron chi connectivity index (χ2n) is 3.20. The van der Waals surface area contributed by atoms with E-state index in [4.69, 9.17) is 4.74 Å². The van der Waals surface area contributed by atoms with Gasteiger partial charge in [0, 0.05) is 16.2 Å². The van der Waals surface area contributed by atoms with E-state index in [2.05, 4.69) is 5.32 Å². The summed E-state index contributed by atoms with van der Waals surface area (Å²) in [6.45, 7) is 2.28. The summed E-state index contributed by atoms with van der Waals surface area (Å²) in [5.41, 5.74) is 2.09. The molecule has 2 rings (SSSR count). The van der Waals surface area contributed by atoms with Crippen LogP contribution in [0, 0.1) is 0 Å². The van der Waals surface area contributed by atoms with Crippen LogP contribution in [0.5, 0.6) is 0 Å². The highest BCUT2D eigenvalue weighted by Crippen LogP contribution is 2.34. The van der Waals surface area contributed by atoms with Crippen LogP contribution in [0.15, 0.2) is 22.3 Å². The van der Waals surface area contributed by atoms with Gasteiger partial charge in [0.2, 0.25) is 0 Å². The Hall–Kier alpha value is -0.900. The fourth-order valence-corrected chi connectivity index (χ4v) is 2.57. The van der Waals surface area contributed by atoms with Crippen LogP contribution in [0.3, 0.4) is 0 Å². The lowest BCUT2D eigenvalue weighted by Gasteiger charge is -2.13. The summed E-state index contributed by atoms with van der Waals surface area (Å²) < 4.78 is 4.97. The van der Waals surface area contributed by atoms with E-state index in [0.29, 0.717) is 6.61 Å². The second-order valence-corrected chi connectivity index (χ2v) is 4.22. The Morgan fingerprint density at radius 2 is 2.50 bits per heavy atom. The third-order valence-corrected chi connectivity index (χ3v) is 3.26. The van der Waals surface area contributed by atoms with Gasteiger partial charge in [0.15, 0.2) is 0 Å². The van der Waals surface area contributed by atoms with Gasteiger partial charge in [-0.2, -0.15) is 0 Å². The van der Waals surface area contributed by atoms with E-state index >= 15 is 0 Å². The minimum Gasteiger partial charge on any atom is -0.463 e. The number of hydrogen-bond acceptors (Lipinski definition) is 4. The number of ether oxygens (including phenoxy) is 1. The van der Waals surface area contributed by atoms with Crippen LogP contribution in [0.2, 0.25) is 0 Å². The Balaban J connectivity index is 2.11. The van der Waals surface area contributed by atoms with Crippen molar-refractivity contribution in [2.75, 3.05) is 12.5 Å². The molecule has 76 valence electrons. The molecule has 0 amide bonds. The van der Waals surface area contributed by atoms with Crippen molar-refractivity contribution in [1.29, 1.82) is 0 Å². The van der Waals surface area contributed by atoms with Crippen molar-refractivity contribution < 1.29 is 9.53 Å². The minimum atomic E-state index is -0.161. The Morgan fingerprint density at radius 1 is 1.64 bits per heavy atom. The van der Waals surface area contributed by atoms with Gasteiger partial charge >= 0.3 is 5.97 Å². The van der Waals surface area contributed by atoms with Gasteiger partial charge in [-0.25, -0.2) is 4.79 Å². The topological polar surface area (TPSA) is 38.3 Å². The molecule has 0 saturated carbocycles. The largest absolute Gasteiger partial charge is 0.463 e. The molecule has 0 spiro atoms. The van der Waals surface area contributed by atoms with Crippen molar-refractivity contribution in [1.82, 2.24) is 5.32 Å². The van der Waals surface area contributed by atoms with E-state index in [-0.39, 0.29) is 5.97 Å². The van der Waals surface area contributed by atoms with Gasteiger partial charge in [-0.15, -0.1) is 11.8 Å². The van der Waals surface area contributed by atoms with Gasteiger partial charge in [0.1, 0.15) is 0 Å². The van der Waals surface area contributed by atoms with Crippen LogP contribution in [-0.4, -0.2) is 18.5 Å². The molecular formula is C10H13NO2S. The molecule has 1 heterocycles. The lowest BCUT2D eigenvalue weighted by Crippen LogP contribution is -2.13. The first-order valence-electron chi connectivity index (χ1n) is 4.78. The van der Waals surface area contributed by atoms with Crippen LogP contribution < -0.4 is 5.32 Å². The van der Waals surface area contributed by atoms with Crippen LogP contribution in [-0.2, 0) is 9.53 Å². The van der Waals surface area contributed by atoms with E-state index < -0.39 is 0 Å². The molecular weight excluding hydrogens is 198 g/mol. The quantitative estimate of drug-likeness (QED) is 0.706. The third-order valence-electron chi connectivity index (χ3n) is 2.30. The molecule has 0 radical (unpaired) electrons. The summed E-state index contributed by atoms with van der Waals surface area (Å²) in [7, 11) is 0. The molecule has 0 aromatic rings. The number of allylic oxidation sites excluding steroid dienone is 2. The number of rotatable bonds is 2. The maximum absolute atomic E-state index is 11.4. The SMILES string of the molecule is CCOC(=O)C1=CC2=C(CC1)NCS2. The lowest BCUT2D eigenvalue weighted by molar-refractivity contribution is -0.138. The maximum Gasteiger partial charge on any atom is 0.334 e. The zero-order valence-electron chi connectivity index (χ0n) is 8.13. The Kier molecular flexibility index (Phi) is 2.82. The zero-order valence-corrected chi connectivity index (χ0v) is 8.95. The number of esters is 1. The number of hydrogen-bond donors (Lipinski definition) is 1. The van der Waals surface area contributed by atoms with Gasteiger partial charge in [-0.1, -0.05) is 0 Å². The van der Waals surface area contributed by atoms with Crippen LogP contribution in [0.25, 0.3) is 0 Å². The van der Waals surface area contributed by atoms with Gasteiger partial charge in [0.05, 0.1) is 12.5 Å². The van der Waals surface area contributed by atoms with Gasteiger partial charge in [0.25, 0.3) is 0 Å². The second kappa shape index (κ2) is 4.09. The summed E-state index contributed by atoms with van der Waals surface area (Å²) in [6, 6.07) is 0. The molecule has 1 aliphatic heterocycles. The van der Waals surface area contributed by atoms with E-state index in [1.54, 1.807) is 11.8 Å². The molecule has 0 aromatic heterocycles. The highest BCUT2D eigenvalue weighted by atomic mass is 32.2. The highest BCUT2D eigenvalue weighted by molar-refractivity contribution is 8.03. The molecule has 0 bridgehead atoms. The van der Waals surface area contributed by atoms with E-state index in [1.807, 2.05) is 13.0 Å². The smallest absolute Gasteiger partial charge is 0.334 e. The number of nitrogens with one attached hydrogen (secondary N) is 1. The zero-order chi connectivity index (χ0) is 9.97. The number of carbonyl (C=O) groups excluding carboxylic acids is 1. The average Bonchev–Trinajstić information content (AvgIpc) is 2.64. The van der Waals surface area contributed by atoms with Crippen molar-refractivity contribution in [3.8, 4) is 0 Å². The molecule has 3 nitrogen and oxygen atoms in total. The van der Waals surface area contributed by atoms with Crippen molar-refractivity contribution in [2.45, 2.75) is 19.8 Å². The van der Waals surface area contributed by atoms with E-state index in [0.717, 1.165) is 24.3 Å². The maximum atomic E-state index is 11.4. The first kappa shape index (κ1) is 9.65. The highest BCUT2D eigenvalue weighted by Gasteiger charge is 2.22. The van der Waals surface area contributed by atoms with E-state index in [9.17, 15) is 4.79 Å². The number of carbonyl (C=O) groups is 1. The Labute approximate surface area is 87.6 Å². The third kappa shape index (κ3) is 1.80. The molecule has 0 atom stereocenters. The van der Waals surface area contributed by atoms with Crippen LogP contribution in [0.1, 0.15) is 19.8 Å². The van der Waals surface area contributed by atoms with Crippen molar-refractivity contribution in [2.24, 2.45) is 0 Å². The Morgan fingerprint density at radius 3 is 3.29 bits per heavy atom. The predicted molar refractivity (Wildman–Crippen MR) is 56.6 cm³/mol. The normalized spacial score (nSPS) is 19.9. The van der Waals surface area contributed by atoms with E-state index in [1.165, 1.54) is 10.6 Å². The van der Waals surface area contributed by atoms with Crippen LogP contribution >= 0.6 is 11.8 Å². The van der Waals surface area contributed by atoms with Crippen LogP contribution in [0.4, 0.5) is 0 Å². The van der Waals surface area contributed by atoms with Gasteiger partial charge in [-0.05, 0) is 25.8 Å². The van der Waals surface area contributed by atoms with Crippen molar-refractivity contribution >= 4 is 17.7 Å². The summed E-state index contributed by atoms with van der Waals surface area (Å²) in [6.07, 6.45) is 3.69. The molecule has 14 heavy (non-hydrogen) atoms. The predicted octanol–water partition coefficient (Wildman–Crippen LogP) is 1.78. The summed E-state index contributed by atoms with van der Waals surface area (Å²) >= 11 is 1.75. The molecule has 4 heteroatoms. The molecule has 2 aliphatic rings. The molecule has 0 unspecified atom stereocenters. The minimum absolute atomic E-state index is 0.161. The fourth-order valence-electron chi connectivity index (χ4n) is 1.59. The average molecular weight is 211 g/mol. The van der Waals surface area contributed by atoms with Crippen molar-refractivity contribution in [3.05, 3.63) is 22.3 Å². The summed E-state index contributed by atoms with van der Waals surface area (Å²) in [5, 5.41) is 3.30.